The summed E-state index contributed by atoms with van der Waals surface area (Å²) in [4.78, 5) is 4.02. The molecule has 0 unspecified atom stereocenters. The summed E-state index contributed by atoms with van der Waals surface area (Å²) in [7, 11) is 0. The van der Waals surface area contributed by atoms with Gasteiger partial charge in [-0.2, -0.15) is 0 Å². The first-order chi connectivity index (χ1) is 5.25. The molecule has 0 saturated carbocycles. The maximum absolute atomic E-state index is 5.35. The van der Waals surface area contributed by atoms with Crippen molar-refractivity contribution in [1.29, 1.82) is 0 Å². The fourth-order valence-corrected chi connectivity index (χ4v) is 0.864. The fraction of sp³-hybridized carbons (Fsp3) is 0.444. The molecule has 74 valence electrons. The molecule has 0 radical (unpaired) electrons. The monoisotopic (exact) mass is 374 g/mol. The van der Waals surface area contributed by atoms with Crippen LogP contribution in [0.2, 0.25) is 0 Å². The zero-order chi connectivity index (χ0) is 8.27. The molecule has 0 aliphatic rings. The minimum absolute atomic E-state index is 0. The van der Waals surface area contributed by atoms with E-state index in [1.54, 1.807) is 6.07 Å². The second-order valence-electron chi connectivity index (χ2n) is 2.39. The maximum Gasteiger partial charge on any atom is 0.0686 e. The van der Waals surface area contributed by atoms with Gasteiger partial charge in [-0.15, -0.1) is 6.07 Å². The first-order valence-corrected chi connectivity index (χ1v) is 3.72. The molecule has 1 rings (SSSR count). The fourth-order valence-electron chi connectivity index (χ4n) is 0.864. The average Bonchev–Trinajstić information content (AvgIpc) is 1.99. The third-order valence-electron chi connectivity index (χ3n) is 1.64. The SMILES string of the molecule is CCOc1c[c-]nc(C)c1C.[Ar].[W]. The summed E-state index contributed by atoms with van der Waals surface area (Å²) in [5.41, 5.74) is 2.08. The van der Waals surface area contributed by atoms with Crippen LogP contribution in [0.25, 0.3) is 0 Å². The second-order valence-corrected chi connectivity index (χ2v) is 2.39. The van der Waals surface area contributed by atoms with Crippen LogP contribution < -0.4 is 4.74 Å². The molecule has 0 saturated heterocycles. The van der Waals surface area contributed by atoms with Crippen LogP contribution in [0.1, 0.15) is 18.2 Å². The largest absolute Gasteiger partial charge is 0.551 e. The number of ether oxygens (including phenoxy) is 1. The van der Waals surface area contributed by atoms with Crippen LogP contribution >= 0.6 is 0 Å². The van der Waals surface area contributed by atoms with E-state index in [1.165, 1.54) is 0 Å². The number of hydrogen-bond acceptors (Lipinski definition) is 2. The van der Waals surface area contributed by atoms with Crippen LogP contribution in [-0.2, 0) is 21.1 Å². The number of aryl methyl sites for hydroxylation is 1. The van der Waals surface area contributed by atoms with Gasteiger partial charge >= 0.3 is 0 Å². The van der Waals surface area contributed by atoms with Gasteiger partial charge in [0, 0.05) is 64.6 Å². The van der Waals surface area contributed by atoms with Crippen molar-refractivity contribution in [1.82, 2.24) is 4.98 Å². The number of aromatic nitrogens is 1. The molecule has 0 aliphatic carbocycles. The van der Waals surface area contributed by atoms with E-state index in [0.717, 1.165) is 17.0 Å². The van der Waals surface area contributed by atoms with E-state index < -0.39 is 0 Å². The van der Waals surface area contributed by atoms with Crippen molar-refractivity contribution < 1.29 is 63.5 Å². The molecular formula is C9H12ArNOW-. The van der Waals surface area contributed by atoms with Crippen LogP contribution in [0.15, 0.2) is 6.07 Å². The Kier molecular flexibility index (Phi) is 10.3. The normalized spacial score (nSPS) is 8.23. The van der Waals surface area contributed by atoms with Gasteiger partial charge in [-0.3, -0.25) is 0 Å². The molecule has 2 nitrogen and oxygen atoms in total. The van der Waals surface area contributed by atoms with Crippen LogP contribution in [0.5, 0.6) is 5.75 Å². The van der Waals surface area contributed by atoms with Crippen molar-refractivity contribution >= 4 is 0 Å². The van der Waals surface area contributed by atoms with Gasteiger partial charge in [0.1, 0.15) is 0 Å². The molecule has 1 aromatic heterocycles. The Bertz CT molecular complexity index is 255. The second kappa shape index (κ2) is 8.23. The Morgan fingerprint density at radius 1 is 1.46 bits per heavy atom. The van der Waals surface area contributed by atoms with E-state index in [1.807, 2.05) is 20.8 Å². The average molecular weight is 374 g/mol. The maximum atomic E-state index is 5.35. The molecule has 0 N–H and O–H groups in total. The Morgan fingerprint density at radius 3 is 2.62 bits per heavy atom. The predicted octanol–water partition coefficient (Wildman–Crippen LogP) is 1.89. The molecule has 0 fully saturated rings. The quantitative estimate of drug-likeness (QED) is 0.738. The van der Waals surface area contributed by atoms with Crippen LogP contribution in [0, 0.1) is 57.8 Å². The van der Waals surface area contributed by atoms with Gasteiger partial charge in [0.05, 0.1) is 6.61 Å². The Labute approximate surface area is 124 Å². The molecule has 4 heteroatoms. The molecule has 0 aromatic carbocycles. The van der Waals surface area contributed by atoms with Gasteiger partial charge in [0.2, 0.25) is 0 Å². The summed E-state index contributed by atoms with van der Waals surface area (Å²) in [5, 5.41) is 0. The number of nitrogens with zero attached hydrogens (tertiary/aromatic N) is 1. The molecule has 1 heterocycles. The third-order valence-corrected chi connectivity index (χ3v) is 1.64. The molecule has 0 atom stereocenters. The van der Waals surface area contributed by atoms with Crippen molar-refractivity contribution in [3.05, 3.63) is 23.5 Å². The summed E-state index contributed by atoms with van der Waals surface area (Å²) in [6, 6.07) is 1.77. The minimum atomic E-state index is 0. The van der Waals surface area contributed by atoms with Gasteiger partial charge in [-0.05, 0) is 6.92 Å². The molecule has 0 aliphatic heterocycles. The zero-order valence-corrected chi connectivity index (χ0v) is 11.5. The van der Waals surface area contributed by atoms with E-state index in [0.29, 0.717) is 6.61 Å². The smallest absolute Gasteiger partial charge is 0.0686 e. The number of pyridine rings is 1. The molecule has 0 amide bonds. The number of rotatable bonds is 2. The van der Waals surface area contributed by atoms with Crippen molar-refractivity contribution in [3.8, 4) is 5.75 Å². The van der Waals surface area contributed by atoms with E-state index in [2.05, 4.69) is 11.2 Å². The molecule has 13 heavy (non-hydrogen) atoms. The van der Waals surface area contributed by atoms with Gasteiger partial charge in [-0.1, -0.05) is 31.3 Å². The zero-order valence-electron chi connectivity index (χ0n) is 7.90. The third kappa shape index (κ3) is 4.78. The first kappa shape index (κ1) is 16.3. The molecular weight excluding hydrogens is 362 g/mol. The van der Waals surface area contributed by atoms with Crippen molar-refractivity contribution in [2.24, 2.45) is 0 Å². The van der Waals surface area contributed by atoms with Crippen LogP contribution in [0.3, 0.4) is 0 Å². The van der Waals surface area contributed by atoms with E-state index in [4.69, 9.17) is 4.74 Å². The number of hydrogen-bond donors (Lipinski definition) is 0. The summed E-state index contributed by atoms with van der Waals surface area (Å²) in [5.74, 6) is 0.889. The van der Waals surface area contributed by atoms with Crippen LogP contribution in [0.4, 0.5) is 0 Å². The van der Waals surface area contributed by atoms with Gasteiger partial charge in [0.15, 0.2) is 0 Å². The van der Waals surface area contributed by atoms with Gasteiger partial charge < -0.3 is 9.72 Å². The topological polar surface area (TPSA) is 22.1 Å². The Balaban J connectivity index is 0. The van der Waals surface area contributed by atoms with E-state index >= 15 is 0 Å². The van der Waals surface area contributed by atoms with Crippen molar-refractivity contribution in [3.63, 3.8) is 0 Å². The van der Waals surface area contributed by atoms with Gasteiger partial charge in [-0.25, -0.2) is 0 Å². The van der Waals surface area contributed by atoms with Crippen molar-refractivity contribution in [2.45, 2.75) is 20.8 Å². The van der Waals surface area contributed by atoms with E-state index in [9.17, 15) is 0 Å². The summed E-state index contributed by atoms with van der Waals surface area (Å²) in [6.45, 7) is 6.61. The molecule has 0 spiro atoms. The molecule has 0 bridgehead atoms. The minimum Gasteiger partial charge on any atom is -0.551 e. The standard InChI is InChI=1S/C9H12NO.Ar.W/c1-4-11-9-5-6-10-8(3)7(9)2;;/h5H,4H2,1-3H3;;/q-1;;. The summed E-state index contributed by atoms with van der Waals surface area (Å²) in [6.07, 6.45) is 2.78. The molecule has 1 aromatic rings. The van der Waals surface area contributed by atoms with Gasteiger partial charge in [0.25, 0.3) is 0 Å². The Hall–Kier alpha value is 0.898. The first-order valence-electron chi connectivity index (χ1n) is 3.72. The predicted molar refractivity (Wildman–Crippen MR) is 43.7 cm³/mol. The van der Waals surface area contributed by atoms with Crippen molar-refractivity contribution in [2.75, 3.05) is 6.61 Å². The summed E-state index contributed by atoms with van der Waals surface area (Å²) < 4.78 is 5.35. The van der Waals surface area contributed by atoms with Crippen LogP contribution in [-0.4, -0.2) is 11.6 Å². The Morgan fingerprint density at radius 2 is 2.08 bits per heavy atom. The van der Waals surface area contributed by atoms with E-state index in [-0.39, 0.29) is 58.8 Å². The summed E-state index contributed by atoms with van der Waals surface area (Å²) >= 11 is 0.